The Hall–Kier alpha value is -0.0800. The molecule has 2 N–H and O–H groups in total. The van der Waals surface area contributed by atoms with Crippen LogP contribution in [0.1, 0.15) is 59.8 Å². The van der Waals surface area contributed by atoms with E-state index < -0.39 is 5.60 Å². The first-order chi connectivity index (χ1) is 7.74. The summed E-state index contributed by atoms with van der Waals surface area (Å²) in [5.41, 5.74) is -0.220. The van der Waals surface area contributed by atoms with Gasteiger partial charge in [0, 0.05) is 12.5 Å². The summed E-state index contributed by atoms with van der Waals surface area (Å²) in [6.07, 6.45) is 5.61. The smallest absolute Gasteiger partial charge is 0.0675 e. The molecule has 4 atom stereocenters. The van der Waals surface area contributed by atoms with Gasteiger partial charge in [-0.05, 0) is 49.4 Å². The van der Waals surface area contributed by atoms with Gasteiger partial charge in [-0.3, -0.25) is 0 Å². The van der Waals surface area contributed by atoms with Crippen LogP contribution in [0.5, 0.6) is 0 Å². The molecular formula is C15H28O2. The Labute approximate surface area is 105 Å². The van der Waals surface area contributed by atoms with Crippen LogP contribution in [0.15, 0.2) is 0 Å². The lowest BCUT2D eigenvalue weighted by Gasteiger charge is -2.60. The molecule has 0 aromatic carbocycles. The van der Waals surface area contributed by atoms with Crippen molar-refractivity contribution < 1.29 is 10.2 Å². The standard InChI is InChI=1S/C15H28O2/c1-13(2)7-5-8-14(3)11(13)6-9-15(4,17)12(14)10-16/h11-12,16-17H,5-10H2,1-4H3/t11-,12+,14+,15+/m0/s1. The van der Waals surface area contributed by atoms with E-state index >= 15 is 0 Å². The molecule has 17 heavy (non-hydrogen) atoms. The van der Waals surface area contributed by atoms with Gasteiger partial charge >= 0.3 is 0 Å². The fourth-order valence-corrected chi connectivity index (χ4v) is 5.03. The summed E-state index contributed by atoms with van der Waals surface area (Å²) in [5.74, 6) is 0.675. The highest BCUT2D eigenvalue weighted by molar-refractivity contribution is 5.07. The van der Waals surface area contributed by atoms with Gasteiger partial charge < -0.3 is 10.2 Å². The molecule has 0 aliphatic heterocycles. The molecule has 0 radical (unpaired) electrons. The van der Waals surface area contributed by atoms with Gasteiger partial charge in [-0.15, -0.1) is 0 Å². The van der Waals surface area contributed by atoms with E-state index in [0.29, 0.717) is 11.3 Å². The molecule has 0 heterocycles. The maximum absolute atomic E-state index is 10.5. The van der Waals surface area contributed by atoms with Crippen molar-refractivity contribution in [3.05, 3.63) is 0 Å². The molecule has 2 heteroatoms. The van der Waals surface area contributed by atoms with Gasteiger partial charge in [-0.1, -0.05) is 27.2 Å². The quantitative estimate of drug-likeness (QED) is 0.740. The Morgan fingerprint density at radius 1 is 1.06 bits per heavy atom. The van der Waals surface area contributed by atoms with Gasteiger partial charge in [-0.25, -0.2) is 0 Å². The first kappa shape index (κ1) is 13.4. The maximum atomic E-state index is 10.5. The summed E-state index contributed by atoms with van der Waals surface area (Å²) >= 11 is 0. The number of hydrogen-bond acceptors (Lipinski definition) is 2. The molecule has 2 nitrogen and oxygen atoms in total. The van der Waals surface area contributed by atoms with Crippen molar-refractivity contribution in [3.8, 4) is 0 Å². The minimum absolute atomic E-state index is 0.0355. The van der Waals surface area contributed by atoms with Gasteiger partial charge in [-0.2, -0.15) is 0 Å². The van der Waals surface area contributed by atoms with Gasteiger partial charge in [0.25, 0.3) is 0 Å². The molecule has 2 rings (SSSR count). The van der Waals surface area contributed by atoms with Gasteiger partial charge in [0.05, 0.1) is 5.60 Å². The number of aliphatic hydroxyl groups excluding tert-OH is 1. The Bertz CT molecular complexity index is 283. The van der Waals surface area contributed by atoms with Crippen molar-refractivity contribution in [2.45, 2.75) is 65.4 Å². The lowest BCUT2D eigenvalue weighted by molar-refractivity contribution is -0.178. The topological polar surface area (TPSA) is 40.5 Å². The van der Waals surface area contributed by atoms with Crippen molar-refractivity contribution in [2.24, 2.45) is 22.7 Å². The fourth-order valence-electron chi connectivity index (χ4n) is 5.03. The summed E-state index contributed by atoms with van der Waals surface area (Å²) in [4.78, 5) is 0. The molecule has 2 aliphatic carbocycles. The Balaban J connectivity index is 2.37. The normalized spacial score (nSPS) is 49.8. The molecule has 0 saturated heterocycles. The van der Waals surface area contributed by atoms with Gasteiger partial charge in [0.2, 0.25) is 0 Å². The fraction of sp³-hybridized carbons (Fsp3) is 1.00. The summed E-state index contributed by atoms with van der Waals surface area (Å²) in [5, 5.41) is 20.3. The second-order valence-electron chi connectivity index (χ2n) is 7.53. The highest BCUT2D eigenvalue weighted by Gasteiger charge is 2.57. The second kappa shape index (κ2) is 3.96. The number of rotatable bonds is 1. The van der Waals surface area contributed by atoms with Crippen molar-refractivity contribution in [3.63, 3.8) is 0 Å². The minimum Gasteiger partial charge on any atom is -0.396 e. The molecule has 0 amide bonds. The third-order valence-electron chi connectivity index (χ3n) is 5.94. The molecule has 2 saturated carbocycles. The molecule has 0 unspecified atom stereocenters. The lowest BCUT2D eigenvalue weighted by Crippen LogP contribution is -2.58. The van der Waals surface area contributed by atoms with Gasteiger partial charge in [0.15, 0.2) is 0 Å². The van der Waals surface area contributed by atoms with E-state index in [4.69, 9.17) is 0 Å². The predicted octanol–water partition coefficient (Wildman–Crippen LogP) is 2.97. The van der Waals surface area contributed by atoms with Crippen LogP contribution in [0, 0.1) is 22.7 Å². The third-order valence-corrected chi connectivity index (χ3v) is 5.94. The monoisotopic (exact) mass is 240 g/mol. The first-order valence-corrected chi connectivity index (χ1v) is 7.07. The molecule has 2 fully saturated rings. The zero-order chi connectivity index (χ0) is 12.9. The number of aliphatic hydroxyl groups is 2. The van der Waals surface area contributed by atoms with Crippen molar-refractivity contribution in [2.75, 3.05) is 6.61 Å². The van der Waals surface area contributed by atoms with Crippen LogP contribution in [0.2, 0.25) is 0 Å². The molecular weight excluding hydrogens is 212 g/mol. The van der Waals surface area contributed by atoms with Crippen LogP contribution in [0.3, 0.4) is 0 Å². The molecule has 0 aromatic heterocycles. The molecule has 2 aliphatic rings. The average molecular weight is 240 g/mol. The molecule has 0 bridgehead atoms. The Morgan fingerprint density at radius 3 is 2.29 bits per heavy atom. The Kier molecular flexibility index (Phi) is 3.11. The Morgan fingerprint density at radius 2 is 1.71 bits per heavy atom. The van der Waals surface area contributed by atoms with Crippen LogP contribution < -0.4 is 0 Å². The van der Waals surface area contributed by atoms with Crippen molar-refractivity contribution >= 4 is 0 Å². The highest BCUT2D eigenvalue weighted by Crippen LogP contribution is 2.61. The van der Waals surface area contributed by atoms with E-state index in [2.05, 4.69) is 20.8 Å². The zero-order valence-corrected chi connectivity index (χ0v) is 11.8. The van der Waals surface area contributed by atoms with Crippen LogP contribution in [-0.4, -0.2) is 22.4 Å². The minimum atomic E-state index is -0.687. The number of hydrogen-bond donors (Lipinski definition) is 2. The average Bonchev–Trinajstić information content (AvgIpc) is 2.14. The van der Waals surface area contributed by atoms with Crippen LogP contribution in [0.25, 0.3) is 0 Å². The summed E-state index contributed by atoms with van der Waals surface area (Å²) in [7, 11) is 0. The van der Waals surface area contributed by atoms with Crippen molar-refractivity contribution in [1.82, 2.24) is 0 Å². The van der Waals surface area contributed by atoms with E-state index in [1.54, 1.807) is 0 Å². The number of fused-ring (bicyclic) bond motifs is 1. The summed E-state index contributed by atoms with van der Waals surface area (Å²) in [6.45, 7) is 9.06. The zero-order valence-electron chi connectivity index (χ0n) is 11.8. The molecule has 0 spiro atoms. The van der Waals surface area contributed by atoms with Gasteiger partial charge in [0.1, 0.15) is 0 Å². The maximum Gasteiger partial charge on any atom is 0.0675 e. The summed E-state index contributed by atoms with van der Waals surface area (Å²) in [6, 6.07) is 0. The third kappa shape index (κ3) is 1.94. The van der Waals surface area contributed by atoms with Crippen molar-refractivity contribution in [1.29, 1.82) is 0 Å². The molecule has 100 valence electrons. The highest BCUT2D eigenvalue weighted by atomic mass is 16.3. The van der Waals surface area contributed by atoms with Crippen LogP contribution in [-0.2, 0) is 0 Å². The van der Waals surface area contributed by atoms with E-state index in [0.717, 1.165) is 19.3 Å². The van der Waals surface area contributed by atoms with E-state index in [1.165, 1.54) is 12.8 Å². The first-order valence-electron chi connectivity index (χ1n) is 7.07. The van der Waals surface area contributed by atoms with Crippen LogP contribution >= 0.6 is 0 Å². The van der Waals surface area contributed by atoms with E-state index in [1.807, 2.05) is 6.92 Å². The SMILES string of the molecule is CC1(C)CCC[C@@]2(C)[C@@H](CO)[C@](C)(O)CC[C@@H]12. The predicted molar refractivity (Wildman–Crippen MR) is 69.7 cm³/mol. The lowest BCUT2D eigenvalue weighted by atomic mass is 9.46. The second-order valence-corrected chi connectivity index (χ2v) is 7.53. The largest absolute Gasteiger partial charge is 0.396 e. The van der Waals surface area contributed by atoms with E-state index in [-0.39, 0.29) is 17.9 Å². The molecule has 0 aromatic rings. The summed E-state index contributed by atoms with van der Waals surface area (Å²) < 4.78 is 0. The van der Waals surface area contributed by atoms with Crippen LogP contribution in [0.4, 0.5) is 0 Å². The van der Waals surface area contributed by atoms with E-state index in [9.17, 15) is 10.2 Å².